The number of rotatable bonds is 2. The van der Waals surface area contributed by atoms with Crippen LogP contribution in [-0.4, -0.2) is 20.3 Å². The second-order valence-electron chi connectivity index (χ2n) is 9.57. The second kappa shape index (κ2) is 6.94. The third kappa shape index (κ3) is 5.39. The molecule has 134 valence electrons. The smallest absolute Gasteiger partial charge is 0.143 e. The van der Waals surface area contributed by atoms with Gasteiger partial charge in [-0.2, -0.15) is 0 Å². The third-order valence-electron chi connectivity index (χ3n) is 3.87. The monoisotopic (exact) mass is 346 g/mol. The highest BCUT2D eigenvalue weighted by molar-refractivity contribution is 6.83. The van der Waals surface area contributed by atoms with Crippen molar-refractivity contribution in [1.29, 1.82) is 0 Å². The van der Waals surface area contributed by atoms with E-state index >= 15 is 0 Å². The highest BCUT2D eigenvalue weighted by atomic mass is 28.3. The van der Waals surface area contributed by atoms with Crippen LogP contribution in [0.1, 0.15) is 64.3 Å². The predicted octanol–water partition coefficient (Wildman–Crippen LogP) is 5.20. The van der Waals surface area contributed by atoms with Gasteiger partial charge in [-0.3, -0.25) is 0 Å². The van der Waals surface area contributed by atoms with Crippen molar-refractivity contribution in [2.45, 2.75) is 78.1 Å². The molecule has 0 fully saturated rings. The van der Waals surface area contributed by atoms with Crippen LogP contribution in [0.25, 0.3) is 0 Å². The summed E-state index contributed by atoms with van der Waals surface area (Å²) in [6, 6.07) is 4.26. The Hall–Kier alpha value is -1.24. The molecular weight excluding hydrogens is 312 g/mol. The first-order valence-corrected chi connectivity index (χ1v) is 12.1. The molecule has 1 aromatic carbocycles. The maximum Gasteiger partial charge on any atom is 0.143 e. The normalized spacial score (nSPS) is 14.0. The molecule has 2 nitrogen and oxygen atoms in total. The number of hydrogen-bond donors (Lipinski definition) is 1. The number of aliphatic hydroxyl groups excluding tert-OH is 1. The predicted molar refractivity (Wildman–Crippen MR) is 106 cm³/mol. The minimum absolute atomic E-state index is 0.00700. The van der Waals surface area contributed by atoms with Gasteiger partial charge in [0.15, 0.2) is 0 Å². The van der Waals surface area contributed by atoms with Crippen LogP contribution in [0.3, 0.4) is 0 Å². The van der Waals surface area contributed by atoms with Gasteiger partial charge >= 0.3 is 0 Å². The Morgan fingerprint density at radius 3 is 1.92 bits per heavy atom. The molecule has 0 heterocycles. The van der Waals surface area contributed by atoms with Crippen molar-refractivity contribution in [1.82, 2.24) is 0 Å². The lowest BCUT2D eigenvalue weighted by atomic mass is 9.78. The Morgan fingerprint density at radius 1 is 1.00 bits per heavy atom. The van der Waals surface area contributed by atoms with Gasteiger partial charge in [0.1, 0.15) is 19.9 Å². The van der Waals surface area contributed by atoms with Gasteiger partial charge in [0.05, 0.1) is 7.11 Å². The molecule has 3 heteroatoms. The molecule has 1 unspecified atom stereocenters. The van der Waals surface area contributed by atoms with Crippen LogP contribution < -0.4 is 4.74 Å². The molecule has 0 aliphatic carbocycles. The fourth-order valence-corrected chi connectivity index (χ4v) is 3.00. The minimum atomic E-state index is -1.54. The summed E-state index contributed by atoms with van der Waals surface area (Å²) in [6.07, 6.45) is -0.824. The summed E-state index contributed by atoms with van der Waals surface area (Å²) < 4.78 is 5.71. The highest BCUT2D eigenvalue weighted by Crippen LogP contribution is 2.40. The van der Waals surface area contributed by atoms with Crippen LogP contribution in [0.2, 0.25) is 19.6 Å². The van der Waals surface area contributed by atoms with Crippen LogP contribution in [0.4, 0.5) is 0 Å². The molecule has 1 atom stereocenters. The maximum atomic E-state index is 10.7. The Morgan fingerprint density at radius 2 is 1.54 bits per heavy atom. The van der Waals surface area contributed by atoms with Gasteiger partial charge in [-0.15, -0.1) is 5.54 Å². The van der Waals surface area contributed by atoms with E-state index in [9.17, 15) is 5.11 Å². The van der Waals surface area contributed by atoms with Crippen molar-refractivity contribution in [3.8, 4) is 17.2 Å². The molecule has 0 bridgehead atoms. The summed E-state index contributed by atoms with van der Waals surface area (Å²) in [5.41, 5.74) is 6.27. The molecule has 1 rings (SSSR count). The molecule has 0 saturated heterocycles. The summed E-state index contributed by atoms with van der Waals surface area (Å²) in [5.74, 6) is 3.82. The van der Waals surface area contributed by atoms with E-state index < -0.39 is 14.2 Å². The number of benzene rings is 1. The number of ether oxygens (including phenoxy) is 1. The maximum absolute atomic E-state index is 10.7. The molecule has 0 saturated carbocycles. The van der Waals surface area contributed by atoms with Crippen molar-refractivity contribution >= 4 is 8.07 Å². The van der Waals surface area contributed by atoms with Gasteiger partial charge in [-0.05, 0) is 22.5 Å². The van der Waals surface area contributed by atoms with Crippen LogP contribution >= 0.6 is 0 Å². The van der Waals surface area contributed by atoms with Gasteiger partial charge in [0.2, 0.25) is 0 Å². The fraction of sp³-hybridized carbons (Fsp3) is 0.619. The summed E-state index contributed by atoms with van der Waals surface area (Å²) in [7, 11) is 0.127. The largest absolute Gasteiger partial charge is 0.496 e. The fourth-order valence-electron chi connectivity index (χ4n) is 2.43. The van der Waals surface area contributed by atoms with E-state index in [1.54, 1.807) is 7.11 Å². The first kappa shape index (κ1) is 20.8. The number of aliphatic hydroxyl groups is 1. The molecule has 0 aromatic heterocycles. The average Bonchev–Trinajstić information content (AvgIpc) is 2.40. The van der Waals surface area contributed by atoms with Crippen LogP contribution in [-0.2, 0) is 10.8 Å². The van der Waals surface area contributed by atoms with E-state index in [0.717, 1.165) is 16.9 Å². The molecule has 1 aromatic rings. The van der Waals surface area contributed by atoms with Crippen molar-refractivity contribution in [3.05, 3.63) is 28.8 Å². The molecule has 0 aliphatic rings. The Bertz CT molecular complexity index is 644. The van der Waals surface area contributed by atoms with Gasteiger partial charge in [-0.25, -0.2) is 0 Å². The molecule has 0 radical (unpaired) electrons. The van der Waals surface area contributed by atoms with Crippen LogP contribution in [0.15, 0.2) is 12.1 Å². The topological polar surface area (TPSA) is 29.5 Å². The molecule has 0 aliphatic heterocycles. The zero-order valence-electron chi connectivity index (χ0n) is 17.1. The number of hydrogen-bond acceptors (Lipinski definition) is 2. The van der Waals surface area contributed by atoms with E-state index in [0.29, 0.717) is 0 Å². The summed E-state index contributed by atoms with van der Waals surface area (Å²) in [4.78, 5) is 0. The molecule has 0 spiro atoms. The molecule has 0 amide bonds. The lowest BCUT2D eigenvalue weighted by molar-refractivity contribution is 0.231. The van der Waals surface area contributed by atoms with Gasteiger partial charge in [0, 0.05) is 11.1 Å². The summed E-state index contributed by atoms with van der Waals surface area (Å²) >= 11 is 0. The number of methoxy groups -OCH3 is 1. The Balaban J connectivity index is 3.65. The second-order valence-corrected chi connectivity index (χ2v) is 14.3. The van der Waals surface area contributed by atoms with Crippen molar-refractivity contribution < 1.29 is 9.84 Å². The first-order valence-electron chi connectivity index (χ1n) is 8.60. The zero-order chi connectivity index (χ0) is 18.9. The van der Waals surface area contributed by atoms with Crippen LogP contribution in [0.5, 0.6) is 5.75 Å². The van der Waals surface area contributed by atoms with Gasteiger partial charge < -0.3 is 9.84 Å². The van der Waals surface area contributed by atoms with Crippen molar-refractivity contribution in [2.75, 3.05) is 7.11 Å². The van der Waals surface area contributed by atoms with E-state index in [1.807, 2.05) is 0 Å². The quantitative estimate of drug-likeness (QED) is 0.589. The highest BCUT2D eigenvalue weighted by Gasteiger charge is 2.27. The molecule has 24 heavy (non-hydrogen) atoms. The summed E-state index contributed by atoms with van der Waals surface area (Å²) in [5, 5.41) is 10.7. The summed E-state index contributed by atoms with van der Waals surface area (Å²) in [6.45, 7) is 19.6. The average molecular weight is 347 g/mol. The Labute approximate surface area is 149 Å². The van der Waals surface area contributed by atoms with Crippen molar-refractivity contribution in [3.63, 3.8) is 0 Å². The van der Waals surface area contributed by atoms with E-state index in [2.05, 4.69) is 84.8 Å². The molecular formula is C21H34O2Si. The van der Waals surface area contributed by atoms with E-state index in [-0.39, 0.29) is 10.8 Å². The lowest BCUT2D eigenvalue weighted by Gasteiger charge is -2.29. The molecule has 1 N–H and O–H groups in total. The Kier molecular flexibility index (Phi) is 6.01. The lowest BCUT2D eigenvalue weighted by Crippen LogP contribution is -2.20. The van der Waals surface area contributed by atoms with Gasteiger partial charge in [0.25, 0.3) is 0 Å². The first-order chi connectivity index (χ1) is 10.7. The standard InChI is InChI=1S/C21H34O2Si/c1-20(2,3)15-13-16(18(22)11-12-24(8,9)10)19(23-7)17(14-15)21(4,5)6/h13-14,18,22H,1-10H3. The van der Waals surface area contributed by atoms with Crippen molar-refractivity contribution in [2.24, 2.45) is 0 Å². The third-order valence-corrected chi connectivity index (χ3v) is 4.77. The van der Waals surface area contributed by atoms with E-state index in [1.165, 1.54) is 5.56 Å². The minimum Gasteiger partial charge on any atom is -0.496 e. The SMILES string of the molecule is COc1c(C(O)C#C[Si](C)(C)C)cc(C(C)(C)C)cc1C(C)(C)C. The van der Waals surface area contributed by atoms with Crippen LogP contribution in [0, 0.1) is 11.5 Å². The van der Waals surface area contributed by atoms with E-state index in [4.69, 9.17) is 4.74 Å². The van der Waals surface area contributed by atoms with Gasteiger partial charge in [-0.1, -0.05) is 73.2 Å². The zero-order valence-corrected chi connectivity index (χ0v) is 18.1.